The lowest BCUT2D eigenvalue weighted by Crippen LogP contribution is -2.39. The molecule has 32 heavy (non-hydrogen) atoms. The molecule has 5 rings (SSSR count). The van der Waals surface area contributed by atoms with Gasteiger partial charge in [0, 0.05) is 0 Å². The zero-order valence-electron chi connectivity index (χ0n) is 17.6. The Balaban J connectivity index is 1.77. The third-order valence-corrected chi connectivity index (χ3v) is 6.64. The zero-order chi connectivity index (χ0) is 22.2. The van der Waals surface area contributed by atoms with Crippen LogP contribution in [0.2, 0.25) is 0 Å². The number of hydrogen-bond acceptors (Lipinski definition) is 5. The topological polar surface area (TPSA) is 60.7 Å². The van der Waals surface area contributed by atoms with Crippen molar-refractivity contribution in [3.05, 3.63) is 115 Å². The van der Waals surface area contributed by atoms with Crippen molar-refractivity contribution >= 4 is 34.2 Å². The van der Waals surface area contributed by atoms with Gasteiger partial charge in [-0.1, -0.05) is 84.1 Å². The number of benzene rings is 3. The first-order valence-electron chi connectivity index (χ1n) is 10.2. The van der Waals surface area contributed by atoms with Gasteiger partial charge in [-0.05, 0) is 34.9 Å². The Kier molecular flexibility index (Phi) is 5.07. The molecule has 158 valence electrons. The number of thiazole rings is 1. The molecule has 0 bridgehead atoms. The van der Waals surface area contributed by atoms with E-state index in [-0.39, 0.29) is 5.56 Å². The molecule has 0 fully saturated rings. The Hall–Kier alpha value is -3.77. The summed E-state index contributed by atoms with van der Waals surface area (Å²) < 4.78 is 7.22. The second-order valence-corrected chi connectivity index (χ2v) is 8.56. The lowest BCUT2D eigenvalue weighted by Gasteiger charge is -2.24. The Morgan fingerprint density at radius 2 is 1.75 bits per heavy atom. The average Bonchev–Trinajstić information content (AvgIpc) is 3.13. The smallest absolute Gasteiger partial charge is 0.338 e. The fraction of sp³-hybridized carbons (Fsp3) is 0.115. The van der Waals surface area contributed by atoms with E-state index in [4.69, 9.17) is 4.74 Å². The fourth-order valence-corrected chi connectivity index (χ4v) is 5.20. The molecular weight excluding hydrogens is 420 g/mol. The van der Waals surface area contributed by atoms with Crippen molar-refractivity contribution in [3.63, 3.8) is 0 Å². The van der Waals surface area contributed by atoms with E-state index in [1.165, 1.54) is 18.4 Å². The van der Waals surface area contributed by atoms with E-state index >= 15 is 0 Å². The molecule has 3 aromatic carbocycles. The lowest BCUT2D eigenvalue weighted by atomic mass is 9.96. The normalized spacial score (nSPS) is 16.1. The number of fused-ring (bicyclic) bond motifs is 2. The minimum Gasteiger partial charge on any atom is -0.466 e. The zero-order valence-corrected chi connectivity index (χ0v) is 18.4. The molecule has 0 aliphatic carbocycles. The Labute approximate surface area is 188 Å². The summed E-state index contributed by atoms with van der Waals surface area (Å²) in [5.74, 6) is -0.483. The molecule has 2 heterocycles. The molecule has 0 saturated heterocycles. The number of allylic oxidation sites excluding steroid dienone is 1. The summed E-state index contributed by atoms with van der Waals surface area (Å²) in [5.41, 5.74) is 2.56. The van der Waals surface area contributed by atoms with Crippen LogP contribution in [-0.4, -0.2) is 17.6 Å². The van der Waals surface area contributed by atoms with Crippen molar-refractivity contribution in [2.45, 2.75) is 13.0 Å². The standard InChI is InChI=1S/C26H20N2O3S/c1-16-22(25(30)31-2)23(18-10-4-3-5-11-18)28-24(29)21(32-26(28)27-16)15-19-13-8-12-17-9-6-7-14-20(17)19/h3-15,23H,1-2H3/b21-15-. The summed E-state index contributed by atoms with van der Waals surface area (Å²) in [5, 5.41) is 2.19. The maximum absolute atomic E-state index is 13.6. The molecule has 0 N–H and O–H groups in total. The van der Waals surface area contributed by atoms with Gasteiger partial charge in [0.2, 0.25) is 0 Å². The van der Waals surface area contributed by atoms with Gasteiger partial charge in [-0.2, -0.15) is 0 Å². The minimum absolute atomic E-state index is 0.176. The first kappa shape index (κ1) is 20.2. The van der Waals surface area contributed by atoms with Gasteiger partial charge in [0.1, 0.15) is 0 Å². The molecule has 5 nitrogen and oxygen atoms in total. The molecule has 1 aliphatic rings. The number of rotatable bonds is 3. The second-order valence-electron chi connectivity index (χ2n) is 7.55. The van der Waals surface area contributed by atoms with E-state index in [1.54, 1.807) is 11.5 Å². The van der Waals surface area contributed by atoms with Crippen LogP contribution < -0.4 is 14.9 Å². The van der Waals surface area contributed by atoms with E-state index < -0.39 is 12.0 Å². The summed E-state index contributed by atoms with van der Waals surface area (Å²) >= 11 is 1.33. The fourth-order valence-electron chi connectivity index (χ4n) is 4.16. The lowest BCUT2D eigenvalue weighted by molar-refractivity contribution is -0.136. The predicted octanol–water partition coefficient (Wildman–Crippen LogP) is 3.56. The van der Waals surface area contributed by atoms with Gasteiger partial charge in [-0.3, -0.25) is 9.36 Å². The van der Waals surface area contributed by atoms with Gasteiger partial charge in [0.15, 0.2) is 4.80 Å². The SMILES string of the molecule is COC(=O)C1=C(C)N=c2s/c(=C\c3cccc4ccccc34)c(=O)n2C1c1ccccc1. The molecule has 0 spiro atoms. The highest BCUT2D eigenvalue weighted by atomic mass is 32.1. The van der Waals surface area contributed by atoms with E-state index in [0.717, 1.165) is 21.9 Å². The predicted molar refractivity (Wildman–Crippen MR) is 126 cm³/mol. The van der Waals surface area contributed by atoms with Crippen molar-refractivity contribution in [3.8, 4) is 0 Å². The van der Waals surface area contributed by atoms with Gasteiger partial charge in [0.05, 0.1) is 29.0 Å². The molecule has 6 heteroatoms. The van der Waals surface area contributed by atoms with Crippen LogP contribution in [0, 0.1) is 0 Å². The number of esters is 1. The van der Waals surface area contributed by atoms with Crippen LogP contribution in [0.25, 0.3) is 16.8 Å². The van der Waals surface area contributed by atoms with Crippen molar-refractivity contribution in [1.82, 2.24) is 4.57 Å². The van der Waals surface area contributed by atoms with Crippen LogP contribution in [-0.2, 0) is 9.53 Å². The molecule has 1 unspecified atom stereocenters. The van der Waals surface area contributed by atoms with Gasteiger partial charge in [0.25, 0.3) is 5.56 Å². The van der Waals surface area contributed by atoms with Crippen molar-refractivity contribution in [2.75, 3.05) is 7.11 Å². The van der Waals surface area contributed by atoms with Crippen molar-refractivity contribution in [1.29, 1.82) is 0 Å². The Morgan fingerprint density at radius 3 is 2.53 bits per heavy atom. The Bertz CT molecular complexity index is 1560. The Morgan fingerprint density at radius 1 is 1.03 bits per heavy atom. The van der Waals surface area contributed by atoms with E-state index in [9.17, 15) is 9.59 Å². The summed E-state index contributed by atoms with van der Waals surface area (Å²) in [4.78, 5) is 31.4. The molecule has 0 saturated carbocycles. The molecule has 1 aromatic heterocycles. The second kappa shape index (κ2) is 8.05. The largest absolute Gasteiger partial charge is 0.466 e. The highest BCUT2D eigenvalue weighted by molar-refractivity contribution is 7.07. The number of methoxy groups -OCH3 is 1. The van der Waals surface area contributed by atoms with E-state index in [0.29, 0.717) is 20.6 Å². The highest BCUT2D eigenvalue weighted by Crippen LogP contribution is 2.30. The van der Waals surface area contributed by atoms with Crippen molar-refractivity contribution < 1.29 is 9.53 Å². The average molecular weight is 441 g/mol. The van der Waals surface area contributed by atoms with Crippen LogP contribution in [0.5, 0.6) is 0 Å². The van der Waals surface area contributed by atoms with Gasteiger partial charge >= 0.3 is 5.97 Å². The van der Waals surface area contributed by atoms with Crippen molar-refractivity contribution in [2.24, 2.45) is 4.99 Å². The van der Waals surface area contributed by atoms with Crippen LogP contribution >= 0.6 is 11.3 Å². The summed E-state index contributed by atoms with van der Waals surface area (Å²) in [6, 6.07) is 23.0. The van der Waals surface area contributed by atoms with Gasteiger partial charge in [-0.15, -0.1) is 0 Å². The van der Waals surface area contributed by atoms with Crippen LogP contribution in [0.3, 0.4) is 0 Å². The summed E-state index contributed by atoms with van der Waals surface area (Å²) in [6.07, 6.45) is 1.91. The third kappa shape index (κ3) is 3.29. The molecule has 4 aromatic rings. The van der Waals surface area contributed by atoms with Gasteiger partial charge < -0.3 is 4.74 Å². The maximum Gasteiger partial charge on any atom is 0.338 e. The number of hydrogen-bond donors (Lipinski definition) is 0. The summed E-state index contributed by atoms with van der Waals surface area (Å²) in [7, 11) is 1.34. The number of aromatic nitrogens is 1. The molecular formula is C26H20N2O3S. The number of carbonyl (C=O) groups is 1. The number of nitrogens with zero attached hydrogens (tertiary/aromatic N) is 2. The number of ether oxygens (including phenoxy) is 1. The van der Waals surface area contributed by atoms with E-state index in [2.05, 4.69) is 17.1 Å². The van der Waals surface area contributed by atoms with Crippen LogP contribution in [0.15, 0.2) is 93.9 Å². The third-order valence-electron chi connectivity index (χ3n) is 5.65. The minimum atomic E-state index is -0.588. The first-order chi connectivity index (χ1) is 15.6. The maximum atomic E-state index is 13.6. The van der Waals surface area contributed by atoms with Crippen LogP contribution in [0.1, 0.15) is 24.1 Å². The molecule has 1 aliphatic heterocycles. The summed E-state index contributed by atoms with van der Waals surface area (Å²) in [6.45, 7) is 1.78. The molecule has 1 atom stereocenters. The molecule has 0 amide bonds. The highest BCUT2D eigenvalue weighted by Gasteiger charge is 2.32. The monoisotopic (exact) mass is 440 g/mol. The number of carbonyl (C=O) groups excluding carboxylic acids is 1. The first-order valence-corrected chi connectivity index (χ1v) is 11.0. The quantitative estimate of drug-likeness (QED) is 0.458. The van der Waals surface area contributed by atoms with Crippen LogP contribution in [0.4, 0.5) is 0 Å². The van der Waals surface area contributed by atoms with E-state index in [1.807, 2.05) is 66.7 Å². The molecule has 0 radical (unpaired) electrons. The van der Waals surface area contributed by atoms with Gasteiger partial charge in [-0.25, -0.2) is 9.79 Å².